The third-order valence-electron chi connectivity index (χ3n) is 2.19. The van der Waals surface area contributed by atoms with E-state index < -0.39 is 11.8 Å². The van der Waals surface area contributed by atoms with Crippen molar-refractivity contribution >= 4 is 29.2 Å². The van der Waals surface area contributed by atoms with E-state index in [1.807, 2.05) is 0 Å². The minimum Gasteiger partial charge on any atom is -0.477 e. The van der Waals surface area contributed by atoms with Crippen molar-refractivity contribution in [3.63, 3.8) is 0 Å². The monoisotopic (exact) mass is 273 g/mol. The Morgan fingerprint density at radius 2 is 2.00 bits per heavy atom. The molecule has 1 aromatic carbocycles. The highest BCUT2D eigenvalue weighted by molar-refractivity contribution is 6.31. The summed E-state index contributed by atoms with van der Waals surface area (Å²) < 4.78 is 14.6. The lowest BCUT2D eigenvalue weighted by Crippen LogP contribution is -2.05. The molecule has 0 aliphatic rings. The zero-order chi connectivity index (χ0) is 12.6. The van der Waals surface area contributed by atoms with Gasteiger partial charge in [0.05, 0.1) is 10.0 Å². The first-order chi connectivity index (χ1) is 7.99. The zero-order valence-electron chi connectivity index (χ0n) is 8.32. The highest BCUT2D eigenvalue weighted by Gasteiger charge is 2.14. The van der Waals surface area contributed by atoms with E-state index in [0.717, 1.165) is 6.07 Å². The van der Waals surface area contributed by atoms with E-state index >= 15 is 0 Å². The molecule has 2 aromatic rings. The molecule has 1 aromatic heterocycles. The third kappa shape index (κ3) is 2.28. The number of aromatic carboxylic acids is 1. The molecule has 0 saturated heterocycles. The van der Waals surface area contributed by atoms with Gasteiger partial charge in [0, 0.05) is 11.9 Å². The number of halogens is 3. The lowest BCUT2D eigenvalue weighted by atomic mass is 10.3. The molecule has 0 spiro atoms. The van der Waals surface area contributed by atoms with Gasteiger partial charge >= 0.3 is 5.97 Å². The fourth-order valence-corrected chi connectivity index (χ4v) is 1.76. The van der Waals surface area contributed by atoms with E-state index in [0.29, 0.717) is 5.69 Å². The van der Waals surface area contributed by atoms with Crippen LogP contribution in [0.3, 0.4) is 0 Å². The van der Waals surface area contributed by atoms with Gasteiger partial charge in [0.1, 0.15) is 11.5 Å². The number of hydrogen-bond donors (Lipinski definition) is 1. The molecule has 0 aliphatic heterocycles. The van der Waals surface area contributed by atoms with E-state index in [4.69, 9.17) is 28.3 Å². The van der Waals surface area contributed by atoms with Crippen molar-refractivity contribution in [2.75, 3.05) is 0 Å². The Morgan fingerprint density at radius 1 is 1.29 bits per heavy atom. The van der Waals surface area contributed by atoms with Crippen LogP contribution < -0.4 is 0 Å². The minimum absolute atomic E-state index is 0.0242. The van der Waals surface area contributed by atoms with Crippen LogP contribution in [0.15, 0.2) is 30.5 Å². The van der Waals surface area contributed by atoms with Gasteiger partial charge < -0.3 is 9.67 Å². The van der Waals surface area contributed by atoms with Crippen LogP contribution >= 0.6 is 23.2 Å². The Morgan fingerprint density at radius 3 is 2.59 bits per heavy atom. The van der Waals surface area contributed by atoms with Gasteiger partial charge in [-0.3, -0.25) is 0 Å². The summed E-state index contributed by atoms with van der Waals surface area (Å²) in [5.41, 5.74) is 0.299. The minimum atomic E-state index is -1.15. The number of carbonyl (C=O) groups is 1. The molecule has 17 heavy (non-hydrogen) atoms. The second-order valence-electron chi connectivity index (χ2n) is 3.32. The van der Waals surface area contributed by atoms with Crippen molar-refractivity contribution in [1.29, 1.82) is 0 Å². The molecule has 0 amide bonds. The number of carboxylic acid groups (broad SMARTS) is 1. The van der Waals surface area contributed by atoms with Gasteiger partial charge in [-0.15, -0.1) is 0 Å². The molecule has 88 valence electrons. The Bertz CT molecular complexity index is 595. The molecule has 0 unspecified atom stereocenters. The van der Waals surface area contributed by atoms with E-state index in [1.54, 1.807) is 0 Å². The Balaban J connectivity index is 2.59. The Labute approximate surface area is 106 Å². The van der Waals surface area contributed by atoms with Crippen LogP contribution in [0.2, 0.25) is 10.0 Å². The average Bonchev–Trinajstić information content (AvgIpc) is 2.64. The van der Waals surface area contributed by atoms with Crippen LogP contribution in [0.25, 0.3) is 5.69 Å². The van der Waals surface area contributed by atoms with Crippen molar-refractivity contribution in [3.8, 4) is 5.69 Å². The molecule has 0 atom stereocenters. The maximum absolute atomic E-state index is 13.3. The number of carboxylic acids is 1. The van der Waals surface area contributed by atoms with E-state index in [9.17, 15) is 9.18 Å². The predicted octanol–water partition coefficient (Wildman–Crippen LogP) is 3.62. The van der Waals surface area contributed by atoms with Crippen molar-refractivity contribution in [1.82, 2.24) is 4.57 Å². The van der Waals surface area contributed by atoms with Gasteiger partial charge in [-0.25, -0.2) is 9.18 Å². The normalized spacial score (nSPS) is 10.5. The van der Waals surface area contributed by atoms with Crippen LogP contribution in [0, 0.1) is 5.82 Å². The first-order valence-corrected chi connectivity index (χ1v) is 5.31. The number of aromatic nitrogens is 1. The summed E-state index contributed by atoms with van der Waals surface area (Å²) >= 11 is 11.3. The second kappa shape index (κ2) is 4.39. The molecule has 1 heterocycles. The summed E-state index contributed by atoms with van der Waals surface area (Å²) in [7, 11) is 0. The largest absolute Gasteiger partial charge is 0.477 e. The molecule has 1 N–H and O–H groups in total. The van der Waals surface area contributed by atoms with Crippen LogP contribution in [0.1, 0.15) is 10.5 Å². The first-order valence-electron chi connectivity index (χ1n) is 4.55. The predicted molar refractivity (Wildman–Crippen MR) is 62.7 cm³/mol. The summed E-state index contributed by atoms with van der Waals surface area (Å²) in [6.45, 7) is 0. The maximum atomic E-state index is 13.3. The summed E-state index contributed by atoms with van der Waals surface area (Å²) in [5.74, 6) is -1.77. The standard InChI is InChI=1S/C11H6Cl2FNO2/c12-6-3-10(11(16)17)15(5-6)7-1-2-8(13)9(14)4-7/h1-5H,(H,16,17). The highest BCUT2D eigenvalue weighted by Crippen LogP contribution is 2.23. The van der Waals surface area contributed by atoms with Crippen molar-refractivity contribution < 1.29 is 14.3 Å². The summed E-state index contributed by atoms with van der Waals surface area (Å²) in [6.07, 6.45) is 1.40. The number of nitrogens with zero attached hydrogens (tertiary/aromatic N) is 1. The third-order valence-corrected chi connectivity index (χ3v) is 2.70. The zero-order valence-corrected chi connectivity index (χ0v) is 9.84. The average molecular weight is 274 g/mol. The van der Waals surface area contributed by atoms with Gasteiger partial charge in [0.15, 0.2) is 0 Å². The van der Waals surface area contributed by atoms with E-state index in [-0.39, 0.29) is 15.7 Å². The molecule has 0 saturated carbocycles. The molecular formula is C11H6Cl2FNO2. The SMILES string of the molecule is O=C(O)c1cc(Cl)cn1-c1ccc(Cl)c(F)c1. The maximum Gasteiger partial charge on any atom is 0.352 e. The number of hydrogen-bond acceptors (Lipinski definition) is 1. The molecule has 3 nitrogen and oxygen atoms in total. The first kappa shape index (κ1) is 12.0. The number of rotatable bonds is 2. The molecule has 0 radical (unpaired) electrons. The Hall–Kier alpha value is -1.52. The van der Waals surface area contributed by atoms with Gasteiger partial charge in [0.2, 0.25) is 0 Å². The molecular weight excluding hydrogens is 268 g/mol. The van der Waals surface area contributed by atoms with Crippen LogP contribution in [0.5, 0.6) is 0 Å². The van der Waals surface area contributed by atoms with Crippen molar-refractivity contribution in [2.24, 2.45) is 0 Å². The molecule has 0 bridgehead atoms. The quantitative estimate of drug-likeness (QED) is 0.908. The van der Waals surface area contributed by atoms with Crippen LogP contribution in [-0.4, -0.2) is 15.6 Å². The summed E-state index contributed by atoms with van der Waals surface area (Å²) in [4.78, 5) is 11.0. The molecule has 0 aliphatic carbocycles. The van der Waals surface area contributed by atoms with Crippen molar-refractivity contribution in [3.05, 3.63) is 52.0 Å². The Kier molecular flexibility index (Phi) is 3.09. The van der Waals surface area contributed by atoms with Crippen molar-refractivity contribution in [2.45, 2.75) is 0 Å². The van der Waals surface area contributed by atoms with Gasteiger partial charge in [-0.2, -0.15) is 0 Å². The summed E-state index contributed by atoms with van der Waals surface area (Å²) in [6, 6.07) is 5.29. The van der Waals surface area contributed by atoms with E-state index in [2.05, 4.69) is 0 Å². The van der Waals surface area contributed by atoms with Gasteiger partial charge in [-0.05, 0) is 24.3 Å². The lowest BCUT2D eigenvalue weighted by molar-refractivity contribution is 0.0688. The van der Waals surface area contributed by atoms with E-state index in [1.165, 1.54) is 29.0 Å². The smallest absolute Gasteiger partial charge is 0.352 e. The van der Waals surface area contributed by atoms with Crippen LogP contribution in [0.4, 0.5) is 4.39 Å². The fraction of sp³-hybridized carbons (Fsp3) is 0. The topological polar surface area (TPSA) is 42.2 Å². The lowest BCUT2D eigenvalue weighted by Gasteiger charge is -2.06. The number of benzene rings is 1. The molecule has 0 fully saturated rings. The van der Waals surface area contributed by atoms with Gasteiger partial charge in [-0.1, -0.05) is 23.2 Å². The fourth-order valence-electron chi connectivity index (χ4n) is 1.44. The second-order valence-corrected chi connectivity index (χ2v) is 4.16. The summed E-state index contributed by atoms with van der Waals surface area (Å²) in [5, 5.41) is 9.20. The van der Waals surface area contributed by atoms with Crippen LogP contribution in [-0.2, 0) is 0 Å². The highest BCUT2D eigenvalue weighted by atomic mass is 35.5. The van der Waals surface area contributed by atoms with Gasteiger partial charge in [0.25, 0.3) is 0 Å². The molecule has 2 rings (SSSR count). The molecule has 6 heteroatoms.